The highest BCUT2D eigenvalue weighted by molar-refractivity contribution is 6.02. The molecule has 58 heavy (non-hydrogen) atoms. The van der Waals surface area contributed by atoms with E-state index in [9.17, 15) is 19.2 Å². The highest BCUT2D eigenvalue weighted by Crippen LogP contribution is 2.43. The van der Waals surface area contributed by atoms with Gasteiger partial charge >= 0.3 is 18.2 Å². The Morgan fingerprint density at radius 2 is 1.95 bits per heavy atom. The number of likely N-dealkylation sites (tertiary alicyclic amines) is 1. The molecule has 0 unspecified atom stereocenters. The third-order valence-corrected chi connectivity index (χ3v) is 12.2. The second-order valence-electron chi connectivity index (χ2n) is 16.5. The Balaban J connectivity index is 1.21. The van der Waals surface area contributed by atoms with Gasteiger partial charge in [-0.1, -0.05) is 6.07 Å². The molecule has 0 saturated carbocycles. The first-order valence-electron chi connectivity index (χ1n) is 19.7. The number of alkyl carbamates (subject to hydrolysis) is 1. The fourth-order valence-electron chi connectivity index (χ4n) is 9.63. The standard InChI is InChI=1S/C41H42F4N8O5/c1-40-14-25(42)19-52(21-40)36-30-17-47-34(33(45)35(30)48-37(49-36)57-22-41-8-3-9-53(41)20-26(43)15-41)29-13-27(58-39(55)51-10-7-23(16-46)18-51)12-24-5-6-31(44)28(32(24)29)4-2-11-56-38(54)50-40/h5-6,12-13,17,23,25-26H,2-4,7-11,14-15,18-22H2,1H3,(H,50,54)/t23-,25-,26-,40-,41+/m1/s1. The Bertz CT molecular complexity index is 2370. The summed E-state index contributed by atoms with van der Waals surface area (Å²) in [6, 6.07) is 7.68. The molecule has 2 aromatic carbocycles. The van der Waals surface area contributed by atoms with Crippen LogP contribution in [0, 0.1) is 28.9 Å². The average molecular weight is 803 g/mol. The summed E-state index contributed by atoms with van der Waals surface area (Å²) < 4.78 is 81.3. The number of fused-ring (bicyclic) bond motifs is 7. The summed E-state index contributed by atoms with van der Waals surface area (Å²) in [4.78, 5) is 45.3. The topological polar surface area (TPSA) is 146 Å². The van der Waals surface area contributed by atoms with E-state index in [1.165, 1.54) is 29.3 Å². The summed E-state index contributed by atoms with van der Waals surface area (Å²) in [7, 11) is 0. The Hall–Kier alpha value is -5.50. The number of nitriles is 1. The average Bonchev–Trinajstić information content (AvgIpc) is 3.90. The molecule has 4 aromatic rings. The number of aromatic nitrogens is 3. The summed E-state index contributed by atoms with van der Waals surface area (Å²) in [6.07, 6.45) is 0.0201. The molecule has 1 N–H and O–H groups in total. The number of aryl methyl sites for hydroxylation is 1. The molecule has 17 heteroatoms. The van der Waals surface area contributed by atoms with Gasteiger partial charge in [0.25, 0.3) is 0 Å². The molecule has 13 nitrogen and oxygen atoms in total. The minimum Gasteiger partial charge on any atom is -0.461 e. The number of halogens is 4. The van der Waals surface area contributed by atoms with E-state index >= 15 is 13.2 Å². The van der Waals surface area contributed by atoms with Crippen molar-refractivity contribution in [1.29, 1.82) is 5.26 Å². The lowest BCUT2D eigenvalue weighted by Crippen LogP contribution is -2.60. The zero-order chi connectivity index (χ0) is 40.3. The van der Waals surface area contributed by atoms with Gasteiger partial charge in [-0.2, -0.15) is 15.2 Å². The van der Waals surface area contributed by atoms with Gasteiger partial charge in [-0.3, -0.25) is 9.88 Å². The van der Waals surface area contributed by atoms with Crippen LogP contribution in [-0.4, -0.2) is 113 Å². The van der Waals surface area contributed by atoms with E-state index < -0.39 is 47.2 Å². The van der Waals surface area contributed by atoms with Crippen LogP contribution in [0.25, 0.3) is 32.9 Å². The van der Waals surface area contributed by atoms with Gasteiger partial charge in [-0.25, -0.2) is 27.2 Å². The number of alkyl halides is 2. The minimum absolute atomic E-state index is 0.0312. The summed E-state index contributed by atoms with van der Waals surface area (Å²) >= 11 is 0. The van der Waals surface area contributed by atoms with E-state index in [1.807, 2.05) is 0 Å². The Morgan fingerprint density at radius 1 is 1.10 bits per heavy atom. The van der Waals surface area contributed by atoms with Gasteiger partial charge in [0.15, 0.2) is 5.82 Å². The van der Waals surface area contributed by atoms with Crippen LogP contribution < -0.4 is 19.7 Å². The van der Waals surface area contributed by atoms with Gasteiger partial charge in [0, 0.05) is 50.8 Å². The van der Waals surface area contributed by atoms with E-state index in [2.05, 4.69) is 31.2 Å². The van der Waals surface area contributed by atoms with Crippen LogP contribution in [0.1, 0.15) is 51.0 Å². The normalized spacial score (nSPS) is 27.4. The van der Waals surface area contributed by atoms with E-state index in [0.717, 1.165) is 13.0 Å². The number of carbonyl (C=O) groups is 2. The molecule has 10 rings (SSSR count). The van der Waals surface area contributed by atoms with Crippen molar-refractivity contribution in [1.82, 2.24) is 30.1 Å². The lowest BCUT2D eigenvalue weighted by Gasteiger charge is -2.42. The third-order valence-electron chi connectivity index (χ3n) is 12.2. The summed E-state index contributed by atoms with van der Waals surface area (Å²) in [5.74, 6) is -1.68. The molecule has 4 saturated heterocycles. The molecule has 0 spiro atoms. The molecule has 2 aromatic heterocycles. The molecule has 5 atom stereocenters. The maximum Gasteiger partial charge on any atom is 0.415 e. The Kier molecular flexibility index (Phi) is 9.65. The SMILES string of the molecule is C[C@@]12C[C@@H](F)CN(C1)c1nc(OC[C@@]34CCCN3C[C@H](F)C4)nc3c(F)c(ncc13)-c1cc(OC(=O)N3CC[C@H](C#N)C3)cc3ccc(F)c(c13)CCCOC(=O)N2. The van der Waals surface area contributed by atoms with Crippen LogP contribution >= 0.6 is 0 Å². The minimum atomic E-state index is -1.43. The molecule has 4 fully saturated rings. The van der Waals surface area contributed by atoms with Crippen molar-refractivity contribution >= 4 is 39.7 Å². The highest BCUT2D eigenvalue weighted by Gasteiger charge is 2.49. The van der Waals surface area contributed by atoms with Gasteiger partial charge in [-0.05, 0) is 80.1 Å². The van der Waals surface area contributed by atoms with Gasteiger partial charge in [0.05, 0.1) is 41.6 Å². The van der Waals surface area contributed by atoms with E-state index in [-0.39, 0.29) is 110 Å². The van der Waals surface area contributed by atoms with Gasteiger partial charge in [0.1, 0.15) is 47.5 Å². The molecule has 304 valence electrons. The summed E-state index contributed by atoms with van der Waals surface area (Å²) in [5.41, 5.74) is -1.86. The van der Waals surface area contributed by atoms with Crippen LogP contribution in [-0.2, 0) is 11.2 Å². The fraction of sp³-hybridized carbons (Fsp3) is 0.512. The molecule has 8 heterocycles. The molecule has 6 aliphatic rings. The van der Waals surface area contributed by atoms with Crippen molar-refractivity contribution < 1.29 is 41.4 Å². The summed E-state index contributed by atoms with van der Waals surface area (Å²) in [6.45, 7) is 3.09. The lowest BCUT2D eigenvalue weighted by molar-refractivity contribution is 0.107. The van der Waals surface area contributed by atoms with Crippen molar-refractivity contribution in [3.8, 4) is 29.1 Å². The van der Waals surface area contributed by atoms with E-state index in [4.69, 9.17) is 14.2 Å². The molecule has 0 radical (unpaired) electrons. The quantitative estimate of drug-likeness (QED) is 0.229. The number of amides is 2. The zero-order valence-electron chi connectivity index (χ0n) is 31.9. The smallest absolute Gasteiger partial charge is 0.415 e. The predicted molar refractivity (Wildman–Crippen MR) is 203 cm³/mol. The van der Waals surface area contributed by atoms with Crippen LogP contribution in [0.2, 0.25) is 0 Å². The molecular weight excluding hydrogens is 760 g/mol. The maximum atomic E-state index is 17.5. The van der Waals surface area contributed by atoms with Crippen LogP contribution in [0.15, 0.2) is 30.5 Å². The maximum absolute atomic E-state index is 17.5. The fourth-order valence-corrected chi connectivity index (χ4v) is 9.63. The van der Waals surface area contributed by atoms with Gasteiger partial charge < -0.3 is 29.3 Å². The van der Waals surface area contributed by atoms with E-state index in [0.29, 0.717) is 36.7 Å². The first-order chi connectivity index (χ1) is 27.9. The van der Waals surface area contributed by atoms with Crippen molar-refractivity contribution in [3.05, 3.63) is 47.7 Å². The molecule has 2 amide bonds. The number of hydrogen-bond donors (Lipinski definition) is 1. The van der Waals surface area contributed by atoms with Crippen LogP contribution in [0.5, 0.6) is 11.8 Å². The lowest BCUT2D eigenvalue weighted by atomic mass is 9.90. The third kappa shape index (κ3) is 6.94. The number of pyridine rings is 1. The number of rotatable bonds is 4. The first kappa shape index (κ1) is 38.0. The molecule has 0 aliphatic carbocycles. The van der Waals surface area contributed by atoms with Crippen molar-refractivity contribution in [2.45, 2.75) is 75.3 Å². The monoisotopic (exact) mass is 802 g/mol. The number of ether oxygens (including phenoxy) is 3. The number of carbonyl (C=O) groups excluding carboxylic acids is 2. The number of nitrogens with zero attached hydrogens (tertiary/aromatic N) is 7. The number of anilines is 1. The molecule has 6 aliphatic heterocycles. The van der Waals surface area contributed by atoms with Crippen LogP contribution in [0.4, 0.5) is 33.0 Å². The summed E-state index contributed by atoms with van der Waals surface area (Å²) in [5, 5.41) is 13.0. The predicted octanol–water partition coefficient (Wildman–Crippen LogP) is 6.40. The number of benzene rings is 2. The van der Waals surface area contributed by atoms with Crippen molar-refractivity contribution in [2.24, 2.45) is 5.92 Å². The van der Waals surface area contributed by atoms with Crippen molar-refractivity contribution in [2.75, 3.05) is 57.4 Å². The molecular formula is C41H42F4N8O5. The Labute approximate surface area is 331 Å². The molecule has 6 bridgehead atoms. The Morgan fingerprint density at radius 3 is 2.78 bits per heavy atom. The highest BCUT2D eigenvalue weighted by atomic mass is 19.1. The van der Waals surface area contributed by atoms with E-state index in [1.54, 1.807) is 17.9 Å². The second kappa shape index (κ2) is 14.7. The number of nitrogens with one attached hydrogen (secondary N) is 1. The number of piperidine rings is 1. The van der Waals surface area contributed by atoms with Gasteiger partial charge in [0.2, 0.25) is 0 Å². The zero-order valence-corrected chi connectivity index (χ0v) is 31.9. The van der Waals surface area contributed by atoms with Gasteiger partial charge in [-0.15, -0.1) is 0 Å². The van der Waals surface area contributed by atoms with Crippen molar-refractivity contribution in [3.63, 3.8) is 0 Å². The largest absolute Gasteiger partial charge is 0.461 e. The first-order valence-corrected chi connectivity index (χ1v) is 19.7. The second-order valence-corrected chi connectivity index (χ2v) is 16.5. The van der Waals surface area contributed by atoms with Crippen LogP contribution in [0.3, 0.4) is 0 Å². The number of hydrogen-bond acceptors (Lipinski definition) is 11.